The molecule has 0 fully saturated rings. The molecule has 0 aliphatic heterocycles. The zero-order valence-electron chi connectivity index (χ0n) is 18.0. The van der Waals surface area contributed by atoms with Crippen LogP contribution >= 0.6 is 11.8 Å². The third-order valence-corrected chi connectivity index (χ3v) is 5.55. The third-order valence-electron chi connectivity index (χ3n) is 4.50. The number of aryl methyl sites for hydroxylation is 1. The summed E-state index contributed by atoms with van der Waals surface area (Å²) >= 11 is 1.13. The summed E-state index contributed by atoms with van der Waals surface area (Å²) in [7, 11) is 0. The Morgan fingerprint density at radius 1 is 1.19 bits per heavy atom. The fourth-order valence-electron chi connectivity index (χ4n) is 2.94. The van der Waals surface area contributed by atoms with Crippen LogP contribution in [0.3, 0.4) is 0 Å². The first-order valence-corrected chi connectivity index (χ1v) is 10.9. The maximum absolute atomic E-state index is 12.7. The van der Waals surface area contributed by atoms with Gasteiger partial charge in [0.2, 0.25) is 5.91 Å². The Labute approximate surface area is 189 Å². The first kappa shape index (κ1) is 23.1. The highest BCUT2D eigenvalue weighted by molar-refractivity contribution is 8.00. The molecule has 1 aromatic heterocycles. The van der Waals surface area contributed by atoms with E-state index in [1.807, 2.05) is 31.2 Å². The molecule has 0 saturated carbocycles. The molecule has 1 unspecified atom stereocenters. The average molecular weight is 453 g/mol. The van der Waals surface area contributed by atoms with Gasteiger partial charge in [-0.25, -0.2) is 4.79 Å². The van der Waals surface area contributed by atoms with Gasteiger partial charge in [-0.05, 0) is 62.7 Å². The Morgan fingerprint density at radius 2 is 1.91 bits per heavy atom. The number of thioether (sulfide) groups is 1. The number of nitrogen functional groups attached to an aromatic ring is 1. The topological polar surface area (TPSA) is 116 Å². The summed E-state index contributed by atoms with van der Waals surface area (Å²) in [5.74, 6) is -0.470. The normalized spacial score (nSPS) is 11.6. The number of hydrogen-bond donors (Lipinski definition) is 2. The van der Waals surface area contributed by atoms with E-state index in [2.05, 4.69) is 10.3 Å². The van der Waals surface area contributed by atoms with Crippen molar-refractivity contribution >= 4 is 35.1 Å². The summed E-state index contributed by atoms with van der Waals surface area (Å²) in [5, 5.41) is 2.54. The number of nitrogens with zero attached hydrogens (tertiary/aromatic N) is 2. The number of nitrogens with one attached hydrogen (secondary N) is 1. The highest BCUT2D eigenvalue weighted by Gasteiger charge is 2.20. The van der Waals surface area contributed by atoms with Gasteiger partial charge in [-0.2, -0.15) is 4.98 Å². The van der Waals surface area contributed by atoms with E-state index in [1.165, 1.54) is 6.07 Å². The minimum Gasteiger partial charge on any atom is -0.462 e. The van der Waals surface area contributed by atoms with Gasteiger partial charge in [0.25, 0.3) is 5.56 Å². The van der Waals surface area contributed by atoms with Gasteiger partial charge >= 0.3 is 5.97 Å². The second kappa shape index (κ2) is 10.1. The van der Waals surface area contributed by atoms with Gasteiger partial charge in [-0.3, -0.25) is 14.2 Å². The van der Waals surface area contributed by atoms with E-state index in [1.54, 1.807) is 42.7 Å². The molecule has 3 rings (SSSR count). The quantitative estimate of drug-likeness (QED) is 0.320. The average Bonchev–Trinajstić information content (AvgIpc) is 2.74. The second-order valence-electron chi connectivity index (χ2n) is 7.02. The van der Waals surface area contributed by atoms with E-state index < -0.39 is 16.8 Å². The number of esters is 1. The summed E-state index contributed by atoms with van der Waals surface area (Å²) in [6.45, 7) is 5.69. The molecule has 1 heterocycles. The van der Waals surface area contributed by atoms with Crippen LogP contribution in [0.25, 0.3) is 5.69 Å². The molecule has 166 valence electrons. The minimum absolute atomic E-state index is 0.236. The van der Waals surface area contributed by atoms with Crippen molar-refractivity contribution in [3.05, 3.63) is 76.1 Å². The number of carbonyl (C=O) groups is 2. The van der Waals surface area contributed by atoms with Gasteiger partial charge in [0.15, 0.2) is 5.16 Å². The largest absolute Gasteiger partial charge is 0.462 e. The summed E-state index contributed by atoms with van der Waals surface area (Å²) in [5.41, 5.74) is 8.34. The smallest absolute Gasteiger partial charge is 0.338 e. The molecule has 3 N–H and O–H groups in total. The van der Waals surface area contributed by atoms with E-state index in [0.717, 1.165) is 23.0 Å². The molecule has 0 bridgehead atoms. The van der Waals surface area contributed by atoms with Crippen LogP contribution in [0.4, 0.5) is 11.5 Å². The van der Waals surface area contributed by atoms with Gasteiger partial charge in [-0.15, -0.1) is 0 Å². The Morgan fingerprint density at radius 3 is 2.56 bits per heavy atom. The minimum atomic E-state index is -0.579. The molecule has 0 saturated heterocycles. The molecule has 9 heteroatoms. The number of amides is 1. The van der Waals surface area contributed by atoms with Gasteiger partial charge in [0.1, 0.15) is 5.82 Å². The first-order chi connectivity index (χ1) is 15.3. The first-order valence-electron chi connectivity index (χ1n) is 9.99. The lowest BCUT2D eigenvalue weighted by molar-refractivity contribution is -0.115. The molecular weight excluding hydrogens is 428 g/mol. The van der Waals surface area contributed by atoms with Crippen molar-refractivity contribution in [2.45, 2.75) is 31.2 Å². The lowest BCUT2D eigenvalue weighted by Gasteiger charge is -2.18. The van der Waals surface area contributed by atoms with Gasteiger partial charge in [0, 0.05) is 17.4 Å². The molecule has 8 nitrogen and oxygen atoms in total. The zero-order chi connectivity index (χ0) is 23.3. The van der Waals surface area contributed by atoms with Crippen LogP contribution < -0.4 is 16.6 Å². The number of hydrogen-bond acceptors (Lipinski definition) is 7. The number of benzene rings is 2. The molecule has 0 radical (unpaired) electrons. The molecule has 1 amide bonds. The van der Waals surface area contributed by atoms with E-state index in [4.69, 9.17) is 10.5 Å². The lowest BCUT2D eigenvalue weighted by atomic mass is 10.2. The van der Waals surface area contributed by atoms with Crippen LogP contribution in [-0.2, 0) is 9.53 Å². The van der Waals surface area contributed by atoms with E-state index in [0.29, 0.717) is 16.4 Å². The van der Waals surface area contributed by atoms with Crippen LogP contribution in [0, 0.1) is 6.92 Å². The van der Waals surface area contributed by atoms with Gasteiger partial charge in [0.05, 0.1) is 17.4 Å². The SMILES string of the molecule is CCOC(=O)c1ccc(NC(=O)C(C)Sc2nc(=O)cc(N)n2-c2cccc(C)c2)cc1. The second-order valence-corrected chi connectivity index (χ2v) is 8.33. The van der Waals surface area contributed by atoms with Crippen LogP contribution in [-0.4, -0.2) is 33.3 Å². The van der Waals surface area contributed by atoms with E-state index >= 15 is 0 Å². The Hall–Kier alpha value is -3.59. The molecule has 0 aliphatic carbocycles. The van der Waals surface area contributed by atoms with Crippen LogP contribution in [0.2, 0.25) is 0 Å². The van der Waals surface area contributed by atoms with Crippen LogP contribution in [0.1, 0.15) is 29.8 Å². The van der Waals surface area contributed by atoms with Crippen molar-refractivity contribution in [3.8, 4) is 5.69 Å². The third kappa shape index (κ3) is 5.55. The van der Waals surface area contributed by atoms with Crippen LogP contribution in [0.15, 0.2) is 64.5 Å². The van der Waals surface area contributed by atoms with E-state index in [9.17, 15) is 14.4 Å². The van der Waals surface area contributed by atoms with Gasteiger partial charge < -0.3 is 15.8 Å². The number of aromatic nitrogens is 2. The maximum atomic E-state index is 12.7. The Balaban J connectivity index is 1.78. The van der Waals surface area contributed by atoms with Gasteiger partial charge in [-0.1, -0.05) is 23.9 Å². The summed E-state index contributed by atoms with van der Waals surface area (Å²) < 4.78 is 6.60. The van der Waals surface area contributed by atoms with Crippen molar-refractivity contribution < 1.29 is 14.3 Å². The lowest BCUT2D eigenvalue weighted by Crippen LogP contribution is -2.24. The zero-order valence-corrected chi connectivity index (χ0v) is 18.8. The maximum Gasteiger partial charge on any atom is 0.338 e. The predicted molar refractivity (Wildman–Crippen MR) is 125 cm³/mol. The summed E-state index contributed by atoms with van der Waals surface area (Å²) in [6, 6.07) is 15.3. The Bertz CT molecular complexity index is 1190. The molecule has 0 aliphatic rings. The molecule has 32 heavy (non-hydrogen) atoms. The highest BCUT2D eigenvalue weighted by atomic mass is 32.2. The molecular formula is C23H24N4O4S. The van der Waals surface area contributed by atoms with Crippen LogP contribution in [0.5, 0.6) is 0 Å². The van der Waals surface area contributed by atoms with Crippen molar-refractivity contribution in [1.82, 2.24) is 9.55 Å². The number of rotatable bonds is 7. The fraction of sp³-hybridized carbons (Fsp3) is 0.217. The number of anilines is 2. The summed E-state index contributed by atoms with van der Waals surface area (Å²) in [6.07, 6.45) is 0. The number of ether oxygens (including phenoxy) is 1. The number of nitrogens with two attached hydrogens (primary N) is 1. The molecule has 2 aromatic carbocycles. The Kier molecular flexibility index (Phi) is 7.32. The predicted octanol–water partition coefficient (Wildman–Crippen LogP) is 3.42. The standard InChI is InChI=1S/C23H24N4O4S/c1-4-31-22(30)16-8-10-17(11-9-16)25-21(29)15(3)32-23-26-20(28)13-19(24)27(23)18-7-5-6-14(2)12-18/h5-13,15H,4,24H2,1-3H3,(H,25,29). The van der Waals surface area contributed by atoms with Crippen molar-refractivity contribution in [3.63, 3.8) is 0 Å². The van der Waals surface area contributed by atoms with Crippen molar-refractivity contribution in [2.75, 3.05) is 17.7 Å². The molecule has 0 spiro atoms. The molecule has 1 atom stereocenters. The summed E-state index contributed by atoms with van der Waals surface area (Å²) in [4.78, 5) is 40.6. The number of carbonyl (C=O) groups excluding carboxylic acids is 2. The monoisotopic (exact) mass is 452 g/mol. The highest BCUT2D eigenvalue weighted by Crippen LogP contribution is 2.27. The van der Waals surface area contributed by atoms with Crippen molar-refractivity contribution in [2.24, 2.45) is 0 Å². The molecule has 3 aromatic rings. The van der Waals surface area contributed by atoms with E-state index in [-0.39, 0.29) is 18.3 Å². The van der Waals surface area contributed by atoms with Crippen molar-refractivity contribution in [1.29, 1.82) is 0 Å². The fourth-order valence-corrected chi connectivity index (χ4v) is 3.88.